The van der Waals surface area contributed by atoms with Crippen LogP contribution >= 0.6 is 0 Å². The van der Waals surface area contributed by atoms with Crippen LogP contribution in [0, 0.1) is 0 Å². The Bertz CT molecular complexity index is 55.7. The number of alkyl halides is 2. The number of nitrogens with one attached hydrogen (secondary N) is 1. The minimum absolute atomic E-state index is 0.242. The Kier molecular flexibility index (Phi) is 10.2. The molecular formula is C6H15INO2-. The summed E-state index contributed by atoms with van der Waals surface area (Å²) >= 11 is 0.242. The summed E-state index contributed by atoms with van der Waals surface area (Å²) in [4.78, 5) is 9.71. The molecule has 0 aromatic carbocycles. The third-order valence-electron chi connectivity index (χ3n) is 0.717. The maximum atomic E-state index is 4.95. The van der Waals surface area contributed by atoms with Crippen molar-refractivity contribution in [3.63, 3.8) is 0 Å². The Morgan fingerprint density at radius 3 is 2.70 bits per heavy atom. The van der Waals surface area contributed by atoms with Crippen molar-refractivity contribution in [1.82, 2.24) is 5.64 Å². The second-order valence-corrected chi connectivity index (χ2v) is 4.43. The van der Waals surface area contributed by atoms with Crippen LogP contribution in [-0.2, 0) is 9.68 Å². The van der Waals surface area contributed by atoms with Crippen molar-refractivity contribution in [3.05, 3.63) is 0 Å². The zero-order valence-corrected chi connectivity index (χ0v) is 8.68. The zero-order valence-electron chi connectivity index (χ0n) is 6.52. The van der Waals surface area contributed by atoms with Crippen LogP contribution in [0.1, 0.15) is 20.3 Å². The molecule has 0 aromatic rings. The minimum atomic E-state index is 0.242. The van der Waals surface area contributed by atoms with Gasteiger partial charge in [0.25, 0.3) is 0 Å². The van der Waals surface area contributed by atoms with Crippen molar-refractivity contribution < 1.29 is 30.9 Å². The molecule has 0 aliphatic rings. The first kappa shape index (κ1) is 10.6. The fraction of sp³-hybridized carbons (Fsp3) is 1.00. The monoisotopic (exact) mass is 260 g/mol. The molecule has 3 nitrogen and oxygen atoms in total. The second kappa shape index (κ2) is 9.61. The Labute approximate surface area is 72.6 Å². The fourth-order valence-corrected chi connectivity index (χ4v) is 1.77. The molecular weight excluding hydrogens is 245 g/mol. The average Bonchev–Trinajstić information content (AvgIpc) is 1.97. The maximum absolute atomic E-state index is 4.95. The Balaban J connectivity index is 2.65. The predicted octanol–water partition coefficient (Wildman–Crippen LogP) is -2.08. The van der Waals surface area contributed by atoms with Gasteiger partial charge in [0.1, 0.15) is 0 Å². The van der Waals surface area contributed by atoms with Gasteiger partial charge in [-0.05, 0) is 0 Å². The molecule has 0 fully saturated rings. The van der Waals surface area contributed by atoms with Gasteiger partial charge in [0.15, 0.2) is 0 Å². The summed E-state index contributed by atoms with van der Waals surface area (Å²) in [5.74, 6) is 0. The summed E-state index contributed by atoms with van der Waals surface area (Å²) in [6.07, 6.45) is 1.27. The SMILES string of the molecule is CCC[I-]CONOCC. The van der Waals surface area contributed by atoms with Crippen molar-refractivity contribution in [2.75, 3.05) is 15.6 Å². The van der Waals surface area contributed by atoms with Gasteiger partial charge in [-0.25, -0.2) is 0 Å². The number of halogens is 1. The summed E-state index contributed by atoms with van der Waals surface area (Å²) in [6.45, 7) is 4.75. The van der Waals surface area contributed by atoms with Crippen LogP contribution in [0.4, 0.5) is 0 Å². The first-order valence-corrected chi connectivity index (χ1v) is 6.49. The summed E-state index contributed by atoms with van der Waals surface area (Å²) < 4.78 is 2.17. The van der Waals surface area contributed by atoms with E-state index in [4.69, 9.17) is 9.68 Å². The van der Waals surface area contributed by atoms with E-state index >= 15 is 0 Å². The van der Waals surface area contributed by atoms with E-state index < -0.39 is 0 Å². The van der Waals surface area contributed by atoms with Gasteiger partial charge in [-0.15, -0.1) is 0 Å². The number of rotatable bonds is 7. The van der Waals surface area contributed by atoms with E-state index in [0.29, 0.717) is 6.61 Å². The average molecular weight is 260 g/mol. The molecule has 0 aliphatic carbocycles. The van der Waals surface area contributed by atoms with E-state index in [9.17, 15) is 0 Å². The van der Waals surface area contributed by atoms with Gasteiger partial charge >= 0.3 is 72.4 Å². The fourth-order valence-electron chi connectivity index (χ4n) is 0.350. The molecule has 0 unspecified atom stereocenters. The van der Waals surface area contributed by atoms with Crippen molar-refractivity contribution >= 4 is 0 Å². The zero-order chi connectivity index (χ0) is 7.66. The molecule has 0 amide bonds. The first-order valence-electron chi connectivity index (χ1n) is 3.43. The predicted molar refractivity (Wildman–Crippen MR) is 35.9 cm³/mol. The summed E-state index contributed by atoms with van der Waals surface area (Å²) in [5, 5.41) is 0. The van der Waals surface area contributed by atoms with Gasteiger partial charge in [0.05, 0.1) is 0 Å². The molecule has 0 radical (unpaired) electrons. The summed E-state index contributed by atoms with van der Waals surface area (Å²) in [6, 6.07) is 0. The molecule has 0 saturated heterocycles. The molecule has 0 atom stereocenters. The molecule has 0 aromatic heterocycles. The molecule has 0 rings (SSSR count). The van der Waals surface area contributed by atoms with E-state index in [-0.39, 0.29) is 21.2 Å². The Hall–Kier alpha value is 0.610. The number of hydrogen-bond donors (Lipinski definition) is 1. The normalized spacial score (nSPS) is 10.6. The Morgan fingerprint density at radius 1 is 1.30 bits per heavy atom. The van der Waals surface area contributed by atoms with E-state index in [1.807, 2.05) is 6.92 Å². The standard InChI is InChI=1S/C6H15INO2/c1-3-5-7-6-10-8-9-4-2/h8H,3-6H2,1-2H3/q-1. The van der Waals surface area contributed by atoms with Crippen LogP contribution in [0.15, 0.2) is 0 Å². The van der Waals surface area contributed by atoms with Gasteiger partial charge in [0, 0.05) is 0 Å². The quantitative estimate of drug-likeness (QED) is 0.246. The molecule has 64 valence electrons. The molecule has 0 spiro atoms. The van der Waals surface area contributed by atoms with E-state index in [1.54, 1.807) is 0 Å². The molecule has 4 heteroatoms. The summed E-state index contributed by atoms with van der Waals surface area (Å²) in [5.41, 5.74) is 2.42. The van der Waals surface area contributed by atoms with E-state index in [1.165, 1.54) is 10.8 Å². The van der Waals surface area contributed by atoms with Crippen molar-refractivity contribution in [2.45, 2.75) is 20.3 Å². The van der Waals surface area contributed by atoms with Crippen LogP contribution in [0.3, 0.4) is 0 Å². The van der Waals surface area contributed by atoms with Crippen LogP contribution in [0.5, 0.6) is 0 Å². The van der Waals surface area contributed by atoms with Crippen molar-refractivity contribution in [3.8, 4) is 0 Å². The van der Waals surface area contributed by atoms with Gasteiger partial charge < -0.3 is 0 Å². The van der Waals surface area contributed by atoms with Gasteiger partial charge in [-0.2, -0.15) is 0 Å². The Morgan fingerprint density at radius 2 is 2.10 bits per heavy atom. The third kappa shape index (κ3) is 8.61. The molecule has 0 aliphatic heterocycles. The topological polar surface area (TPSA) is 30.5 Å². The van der Waals surface area contributed by atoms with Crippen molar-refractivity contribution in [1.29, 1.82) is 0 Å². The van der Waals surface area contributed by atoms with Crippen molar-refractivity contribution in [2.24, 2.45) is 0 Å². The number of hydrogen-bond acceptors (Lipinski definition) is 3. The van der Waals surface area contributed by atoms with Crippen LogP contribution in [0.2, 0.25) is 0 Å². The van der Waals surface area contributed by atoms with Gasteiger partial charge in [0.2, 0.25) is 0 Å². The van der Waals surface area contributed by atoms with Gasteiger partial charge in [-0.1, -0.05) is 0 Å². The molecule has 1 N–H and O–H groups in total. The van der Waals surface area contributed by atoms with E-state index in [0.717, 1.165) is 4.61 Å². The summed E-state index contributed by atoms with van der Waals surface area (Å²) in [7, 11) is 0. The molecule has 0 saturated carbocycles. The molecule has 0 heterocycles. The van der Waals surface area contributed by atoms with Gasteiger partial charge in [-0.3, -0.25) is 0 Å². The van der Waals surface area contributed by atoms with Crippen LogP contribution in [0.25, 0.3) is 0 Å². The molecule has 0 bridgehead atoms. The van der Waals surface area contributed by atoms with Crippen LogP contribution in [-0.4, -0.2) is 15.6 Å². The van der Waals surface area contributed by atoms with E-state index in [2.05, 4.69) is 12.6 Å². The second-order valence-electron chi connectivity index (χ2n) is 1.65. The van der Waals surface area contributed by atoms with Crippen LogP contribution < -0.4 is 26.8 Å². The third-order valence-corrected chi connectivity index (χ3v) is 3.31. The first-order chi connectivity index (χ1) is 4.91. The molecule has 10 heavy (non-hydrogen) atoms.